The second-order valence-corrected chi connectivity index (χ2v) is 8.89. The summed E-state index contributed by atoms with van der Waals surface area (Å²) in [7, 11) is -4.01. The molecule has 0 aliphatic heterocycles. The molecule has 0 aliphatic rings. The zero-order valence-corrected chi connectivity index (χ0v) is 17.1. The molecule has 3 rings (SSSR count). The molecule has 2 amide bonds. The monoisotopic (exact) mass is 431 g/mol. The Kier molecular flexibility index (Phi) is 5.89. The highest BCUT2D eigenvalue weighted by Crippen LogP contribution is 2.24. The van der Waals surface area contributed by atoms with Crippen molar-refractivity contribution >= 4 is 49.7 Å². The van der Waals surface area contributed by atoms with Crippen molar-refractivity contribution in [2.75, 3.05) is 15.4 Å². The summed E-state index contributed by atoms with van der Waals surface area (Å²) in [5.41, 5.74) is 2.13. The summed E-state index contributed by atoms with van der Waals surface area (Å²) < 4.78 is 27.1. The highest BCUT2D eigenvalue weighted by molar-refractivity contribution is 7.94. The minimum Gasteiger partial charge on any atom is -0.326 e. The van der Waals surface area contributed by atoms with Crippen LogP contribution in [0.2, 0.25) is 0 Å². The lowest BCUT2D eigenvalue weighted by Crippen LogP contribution is -2.13. The molecule has 0 spiro atoms. The van der Waals surface area contributed by atoms with E-state index < -0.39 is 15.9 Å². The Labute approximate surface area is 171 Å². The van der Waals surface area contributed by atoms with E-state index in [2.05, 4.69) is 25.6 Å². The Morgan fingerprint density at radius 1 is 0.966 bits per heavy atom. The lowest BCUT2D eigenvalue weighted by Gasteiger charge is -2.07. The van der Waals surface area contributed by atoms with Crippen LogP contribution >= 0.6 is 11.3 Å². The van der Waals surface area contributed by atoms with Gasteiger partial charge in [-0.05, 0) is 37.3 Å². The Hall–Kier alpha value is -3.31. The molecule has 1 heterocycles. The van der Waals surface area contributed by atoms with E-state index in [4.69, 9.17) is 0 Å². The molecule has 1 aromatic heterocycles. The van der Waals surface area contributed by atoms with Gasteiger partial charge in [0.15, 0.2) is 0 Å². The number of nitrogens with one attached hydrogen (secondary N) is 3. The summed E-state index contributed by atoms with van der Waals surface area (Å²) in [6.45, 7) is 3.26. The highest BCUT2D eigenvalue weighted by atomic mass is 32.2. The molecule has 3 aromatic rings. The van der Waals surface area contributed by atoms with Crippen LogP contribution in [0.15, 0.2) is 52.9 Å². The summed E-state index contributed by atoms with van der Waals surface area (Å²) in [5.74, 6) is -0.691. The van der Waals surface area contributed by atoms with E-state index in [9.17, 15) is 18.0 Å². The first-order valence-corrected chi connectivity index (χ1v) is 10.6. The molecule has 11 heteroatoms. The molecule has 0 aliphatic carbocycles. The van der Waals surface area contributed by atoms with Crippen molar-refractivity contribution in [3.63, 3.8) is 0 Å². The van der Waals surface area contributed by atoms with Gasteiger partial charge in [-0.2, -0.15) is 8.42 Å². The van der Waals surface area contributed by atoms with Crippen LogP contribution in [-0.2, 0) is 14.8 Å². The van der Waals surface area contributed by atoms with E-state index in [0.29, 0.717) is 11.3 Å². The first-order valence-electron chi connectivity index (χ1n) is 8.35. The highest BCUT2D eigenvalue weighted by Gasteiger charge is 2.21. The van der Waals surface area contributed by atoms with Gasteiger partial charge in [0.1, 0.15) is 0 Å². The number of carbonyl (C=O) groups is 2. The number of aromatic nitrogens is 2. The molecule has 0 radical (unpaired) electrons. The Morgan fingerprint density at radius 2 is 1.66 bits per heavy atom. The van der Waals surface area contributed by atoms with Crippen molar-refractivity contribution < 1.29 is 18.0 Å². The average Bonchev–Trinajstić information content (AvgIpc) is 3.11. The number of nitrogens with zero attached hydrogens (tertiary/aromatic N) is 2. The molecule has 0 atom stereocenters. The molecule has 0 saturated heterocycles. The fourth-order valence-corrected chi connectivity index (χ4v) is 4.25. The molecule has 29 heavy (non-hydrogen) atoms. The predicted octanol–water partition coefficient (Wildman–Crippen LogP) is 2.86. The zero-order valence-electron chi connectivity index (χ0n) is 15.5. The number of hydrogen-bond donors (Lipinski definition) is 3. The molecular weight excluding hydrogens is 414 g/mol. The van der Waals surface area contributed by atoms with Crippen LogP contribution in [0.5, 0.6) is 0 Å². The van der Waals surface area contributed by atoms with Gasteiger partial charge in [0.25, 0.3) is 20.3 Å². The number of carbonyl (C=O) groups excluding carboxylic acids is 2. The number of hydrogen-bond acceptors (Lipinski definition) is 7. The lowest BCUT2D eigenvalue weighted by molar-refractivity contribution is -0.114. The van der Waals surface area contributed by atoms with Gasteiger partial charge in [0, 0.05) is 18.2 Å². The summed E-state index contributed by atoms with van der Waals surface area (Å²) >= 11 is 0.726. The molecule has 3 N–H and O–H groups in total. The molecule has 0 bridgehead atoms. The van der Waals surface area contributed by atoms with Crippen molar-refractivity contribution in [1.29, 1.82) is 0 Å². The van der Waals surface area contributed by atoms with Crippen LogP contribution in [0.1, 0.15) is 22.8 Å². The zero-order chi connectivity index (χ0) is 21.0. The second-order valence-electron chi connectivity index (χ2n) is 6.06. The number of aryl methyl sites for hydroxylation is 1. The van der Waals surface area contributed by atoms with Crippen LogP contribution < -0.4 is 15.4 Å². The average molecular weight is 431 g/mol. The lowest BCUT2D eigenvalue weighted by atomic mass is 10.1. The van der Waals surface area contributed by atoms with Gasteiger partial charge < -0.3 is 5.32 Å². The third-order valence-corrected chi connectivity index (χ3v) is 6.19. The van der Waals surface area contributed by atoms with E-state index in [1.807, 2.05) is 6.92 Å². The molecule has 0 saturated carbocycles. The third kappa shape index (κ3) is 5.36. The summed E-state index contributed by atoms with van der Waals surface area (Å²) in [4.78, 5) is 23.4. The number of rotatable bonds is 6. The number of benzene rings is 2. The van der Waals surface area contributed by atoms with Gasteiger partial charge in [-0.1, -0.05) is 35.1 Å². The van der Waals surface area contributed by atoms with Crippen LogP contribution in [0, 0.1) is 6.92 Å². The van der Waals surface area contributed by atoms with E-state index >= 15 is 0 Å². The maximum atomic E-state index is 12.5. The maximum Gasteiger partial charge on any atom is 0.291 e. The Morgan fingerprint density at radius 3 is 2.34 bits per heavy atom. The van der Waals surface area contributed by atoms with E-state index in [-0.39, 0.29) is 21.1 Å². The topological polar surface area (TPSA) is 130 Å². The standard InChI is InChI=1S/C18H17N5O4S2/c1-11-6-8-13(9-7-11)16(25)20-17-21-22-18(28-17)29(26,27)23-15-5-3-4-14(10-15)19-12(2)24/h3-10,23H,1-2H3,(H,19,24)(H,20,21,25). The van der Waals surface area contributed by atoms with E-state index in [0.717, 1.165) is 16.9 Å². The fourth-order valence-electron chi connectivity index (χ4n) is 2.31. The van der Waals surface area contributed by atoms with Gasteiger partial charge in [0.05, 0.1) is 5.69 Å². The van der Waals surface area contributed by atoms with Gasteiger partial charge in [-0.25, -0.2) is 0 Å². The van der Waals surface area contributed by atoms with Gasteiger partial charge in [0.2, 0.25) is 11.0 Å². The molecule has 0 unspecified atom stereocenters. The fraction of sp³-hybridized carbons (Fsp3) is 0.111. The van der Waals surface area contributed by atoms with Crippen LogP contribution in [-0.4, -0.2) is 30.4 Å². The minimum atomic E-state index is -4.01. The normalized spacial score (nSPS) is 11.0. The largest absolute Gasteiger partial charge is 0.326 e. The molecule has 9 nitrogen and oxygen atoms in total. The number of amides is 2. The molecule has 2 aromatic carbocycles. The van der Waals surface area contributed by atoms with Gasteiger partial charge in [-0.3, -0.25) is 19.6 Å². The molecular formula is C18H17N5O4S2. The van der Waals surface area contributed by atoms with Crippen LogP contribution in [0.4, 0.5) is 16.5 Å². The van der Waals surface area contributed by atoms with Crippen molar-refractivity contribution in [2.45, 2.75) is 18.2 Å². The van der Waals surface area contributed by atoms with Gasteiger partial charge in [-0.15, -0.1) is 10.2 Å². The van der Waals surface area contributed by atoms with E-state index in [1.54, 1.807) is 36.4 Å². The number of sulfonamides is 1. The van der Waals surface area contributed by atoms with Crippen molar-refractivity contribution in [2.24, 2.45) is 0 Å². The summed E-state index contributed by atoms with van der Waals surface area (Å²) in [6, 6.07) is 13.1. The minimum absolute atomic E-state index is 0.0583. The van der Waals surface area contributed by atoms with Crippen molar-refractivity contribution in [1.82, 2.24) is 10.2 Å². The second kappa shape index (κ2) is 8.37. The summed E-state index contributed by atoms with van der Waals surface area (Å²) in [5, 5.41) is 12.5. The van der Waals surface area contributed by atoms with Crippen LogP contribution in [0.25, 0.3) is 0 Å². The quantitative estimate of drug-likeness (QED) is 0.515. The third-order valence-electron chi connectivity index (χ3n) is 3.61. The van der Waals surface area contributed by atoms with Gasteiger partial charge >= 0.3 is 0 Å². The molecule has 0 fully saturated rings. The maximum absolute atomic E-state index is 12.5. The van der Waals surface area contributed by atoms with Crippen molar-refractivity contribution in [3.05, 3.63) is 59.7 Å². The van der Waals surface area contributed by atoms with Crippen molar-refractivity contribution in [3.8, 4) is 0 Å². The Bertz CT molecular complexity index is 1160. The SMILES string of the molecule is CC(=O)Nc1cccc(NS(=O)(=O)c2nnc(NC(=O)c3ccc(C)cc3)s2)c1. The predicted molar refractivity (Wildman–Crippen MR) is 111 cm³/mol. The van der Waals surface area contributed by atoms with E-state index in [1.165, 1.54) is 19.1 Å². The smallest absolute Gasteiger partial charge is 0.291 e. The first kappa shape index (κ1) is 20.4. The molecule has 150 valence electrons. The Balaban J connectivity index is 1.72. The number of anilines is 3. The summed E-state index contributed by atoms with van der Waals surface area (Å²) in [6.07, 6.45) is 0. The van der Waals surface area contributed by atoms with Crippen LogP contribution in [0.3, 0.4) is 0 Å². The first-order chi connectivity index (χ1) is 13.7.